The Morgan fingerprint density at radius 3 is 2.83 bits per heavy atom. The molecule has 1 aromatic heterocycles. The first-order valence-electron chi connectivity index (χ1n) is 8.19. The fourth-order valence-electron chi connectivity index (χ4n) is 3.33. The third-order valence-corrected chi connectivity index (χ3v) is 4.86. The number of halogens is 1. The summed E-state index contributed by atoms with van der Waals surface area (Å²) in [5, 5.41) is 0.549. The maximum Gasteiger partial charge on any atom is 0.135 e. The van der Waals surface area contributed by atoms with Gasteiger partial charge in [-0.15, -0.1) is 0 Å². The van der Waals surface area contributed by atoms with Gasteiger partial charge in [-0.2, -0.15) is 0 Å². The summed E-state index contributed by atoms with van der Waals surface area (Å²) < 4.78 is 5.37. The van der Waals surface area contributed by atoms with Gasteiger partial charge in [0.05, 0.1) is 13.2 Å². The van der Waals surface area contributed by atoms with Crippen molar-refractivity contribution in [2.45, 2.75) is 37.6 Å². The summed E-state index contributed by atoms with van der Waals surface area (Å²) in [5.41, 5.74) is 1.27. The van der Waals surface area contributed by atoms with Crippen molar-refractivity contribution in [1.29, 1.82) is 0 Å². The molecule has 2 aromatic rings. The zero-order chi connectivity index (χ0) is 15.8. The first-order valence-corrected chi connectivity index (χ1v) is 8.57. The average Bonchev–Trinajstić information content (AvgIpc) is 3.31. The maximum absolute atomic E-state index is 6.24. The summed E-state index contributed by atoms with van der Waals surface area (Å²) in [6.07, 6.45) is 4.63. The highest BCUT2D eigenvalue weighted by molar-refractivity contribution is 6.29. The third kappa shape index (κ3) is 3.00. The van der Waals surface area contributed by atoms with Crippen LogP contribution in [0.1, 0.15) is 49.0 Å². The number of aromatic nitrogens is 2. The molecule has 0 spiro atoms. The van der Waals surface area contributed by atoms with Gasteiger partial charge in [0.25, 0.3) is 0 Å². The van der Waals surface area contributed by atoms with E-state index in [1.807, 2.05) is 18.2 Å². The van der Waals surface area contributed by atoms with Crippen LogP contribution in [0.5, 0.6) is 5.75 Å². The van der Waals surface area contributed by atoms with Crippen LogP contribution in [0.25, 0.3) is 0 Å². The van der Waals surface area contributed by atoms with Crippen molar-refractivity contribution in [2.75, 3.05) is 18.6 Å². The van der Waals surface area contributed by atoms with Crippen LogP contribution < -0.4 is 9.64 Å². The van der Waals surface area contributed by atoms with Crippen LogP contribution in [0.2, 0.25) is 5.15 Å². The predicted octanol–water partition coefficient (Wildman–Crippen LogP) is 4.36. The number of ether oxygens (including phenoxy) is 1. The highest BCUT2D eigenvalue weighted by atomic mass is 35.5. The largest absolute Gasteiger partial charge is 0.497 e. The molecule has 0 N–H and O–H groups in total. The zero-order valence-electron chi connectivity index (χ0n) is 13.2. The minimum atomic E-state index is 0.322. The Morgan fingerprint density at radius 1 is 1.17 bits per heavy atom. The molecule has 23 heavy (non-hydrogen) atoms. The summed E-state index contributed by atoms with van der Waals surface area (Å²) in [6, 6.07) is 10.5. The molecule has 1 saturated heterocycles. The molecule has 4 nitrogen and oxygen atoms in total. The highest BCUT2D eigenvalue weighted by Gasteiger charge is 2.31. The quantitative estimate of drug-likeness (QED) is 0.781. The molecule has 1 aliphatic heterocycles. The Bertz CT molecular complexity index is 717. The van der Waals surface area contributed by atoms with Crippen molar-refractivity contribution in [3.05, 3.63) is 46.9 Å². The molecule has 1 aromatic carbocycles. The van der Waals surface area contributed by atoms with Crippen molar-refractivity contribution in [1.82, 2.24) is 9.97 Å². The van der Waals surface area contributed by atoms with Gasteiger partial charge in [-0.25, -0.2) is 9.97 Å². The number of nitrogens with zero attached hydrogens (tertiary/aromatic N) is 3. The minimum absolute atomic E-state index is 0.322. The van der Waals surface area contributed by atoms with Gasteiger partial charge in [0.2, 0.25) is 0 Å². The third-order valence-electron chi connectivity index (χ3n) is 4.67. The lowest BCUT2D eigenvalue weighted by Crippen LogP contribution is -2.24. The Morgan fingerprint density at radius 2 is 2.04 bits per heavy atom. The standard InChI is InChI=1S/C18H20ClN3O/c1-23-14-5-2-4-13(10-14)15-6-3-9-22(15)17-11-16(19)20-18(21-17)12-7-8-12/h2,4-5,10-12,15H,3,6-9H2,1H3. The first kappa shape index (κ1) is 14.8. The second-order valence-electron chi connectivity index (χ2n) is 6.31. The van der Waals surface area contributed by atoms with Crippen molar-refractivity contribution in [3.63, 3.8) is 0 Å². The smallest absolute Gasteiger partial charge is 0.135 e. The summed E-state index contributed by atoms with van der Waals surface area (Å²) in [6.45, 7) is 0.999. The first-order chi connectivity index (χ1) is 11.2. The lowest BCUT2D eigenvalue weighted by molar-refractivity contribution is 0.414. The van der Waals surface area contributed by atoms with Crippen LogP contribution in [-0.4, -0.2) is 23.6 Å². The molecule has 4 rings (SSSR count). The van der Waals surface area contributed by atoms with Gasteiger partial charge in [0, 0.05) is 18.5 Å². The van der Waals surface area contributed by atoms with Crippen LogP contribution in [0.3, 0.4) is 0 Å². The number of hydrogen-bond donors (Lipinski definition) is 0. The molecule has 1 unspecified atom stereocenters. The Kier molecular flexibility index (Phi) is 3.85. The maximum atomic E-state index is 6.24. The van der Waals surface area contributed by atoms with Gasteiger partial charge in [-0.05, 0) is 43.4 Å². The normalized spacial score (nSPS) is 20.8. The average molecular weight is 330 g/mol. The van der Waals surface area contributed by atoms with Crippen molar-refractivity contribution in [2.24, 2.45) is 0 Å². The number of methoxy groups -OCH3 is 1. The second kappa shape index (κ2) is 6.00. The van der Waals surface area contributed by atoms with Crippen molar-refractivity contribution < 1.29 is 4.74 Å². The molecular formula is C18H20ClN3O. The molecular weight excluding hydrogens is 310 g/mol. The molecule has 0 bridgehead atoms. The highest BCUT2D eigenvalue weighted by Crippen LogP contribution is 2.41. The molecule has 0 radical (unpaired) electrons. The molecule has 0 amide bonds. The van der Waals surface area contributed by atoms with E-state index in [1.165, 1.54) is 18.4 Å². The molecule has 1 atom stereocenters. The van der Waals surface area contributed by atoms with Crippen LogP contribution >= 0.6 is 11.6 Å². The fraction of sp³-hybridized carbons (Fsp3) is 0.444. The summed E-state index contributed by atoms with van der Waals surface area (Å²) in [4.78, 5) is 11.6. The van der Waals surface area contributed by atoms with E-state index in [0.29, 0.717) is 17.1 Å². The van der Waals surface area contributed by atoms with Gasteiger partial charge < -0.3 is 9.64 Å². The van der Waals surface area contributed by atoms with Gasteiger partial charge in [0.1, 0.15) is 22.5 Å². The van der Waals surface area contributed by atoms with E-state index in [9.17, 15) is 0 Å². The Hall–Kier alpha value is -1.81. The van der Waals surface area contributed by atoms with Gasteiger partial charge in [0.15, 0.2) is 0 Å². The van der Waals surface area contributed by atoms with E-state index in [1.54, 1.807) is 7.11 Å². The number of anilines is 1. The van der Waals surface area contributed by atoms with Gasteiger partial charge in [-0.1, -0.05) is 23.7 Å². The molecule has 1 aliphatic carbocycles. The lowest BCUT2D eigenvalue weighted by atomic mass is 10.0. The Balaban J connectivity index is 1.67. The zero-order valence-corrected chi connectivity index (χ0v) is 14.0. The predicted molar refractivity (Wildman–Crippen MR) is 91.3 cm³/mol. The molecule has 1 saturated carbocycles. The second-order valence-corrected chi connectivity index (χ2v) is 6.70. The summed E-state index contributed by atoms with van der Waals surface area (Å²) in [5.74, 6) is 3.26. The molecule has 2 heterocycles. The van der Waals surface area contributed by atoms with Crippen LogP contribution in [-0.2, 0) is 0 Å². The molecule has 2 aliphatic rings. The monoisotopic (exact) mass is 329 g/mol. The van der Waals surface area contributed by atoms with E-state index < -0.39 is 0 Å². The topological polar surface area (TPSA) is 38.2 Å². The van der Waals surface area contributed by atoms with Crippen LogP contribution in [0.15, 0.2) is 30.3 Å². The molecule has 5 heteroatoms. The van der Waals surface area contributed by atoms with E-state index in [-0.39, 0.29) is 0 Å². The van der Waals surface area contributed by atoms with Crippen LogP contribution in [0, 0.1) is 0 Å². The fourth-order valence-corrected chi connectivity index (χ4v) is 3.51. The lowest BCUT2D eigenvalue weighted by Gasteiger charge is -2.26. The molecule has 2 fully saturated rings. The van der Waals surface area contributed by atoms with E-state index in [4.69, 9.17) is 21.3 Å². The Labute approximate surface area is 141 Å². The van der Waals surface area contributed by atoms with Gasteiger partial charge in [-0.3, -0.25) is 0 Å². The minimum Gasteiger partial charge on any atom is -0.497 e. The summed E-state index contributed by atoms with van der Waals surface area (Å²) in [7, 11) is 1.71. The van der Waals surface area contributed by atoms with Crippen molar-refractivity contribution >= 4 is 17.4 Å². The molecule has 120 valence electrons. The summed E-state index contributed by atoms with van der Waals surface area (Å²) >= 11 is 6.24. The SMILES string of the molecule is COc1cccc(C2CCCN2c2cc(Cl)nc(C3CC3)n2)c1. The number of hydrogen-bond acceptors (Lipinski definition) is 4. The number of benzene rings is 1. The van der Waals surface area contributed by atoms with Gasteiger partial charge >= 0.3 is 0 Å². The van der Waals surface area contributed by atoms with Crippen molar-refractivity contribution in [3.8, 4) is 5.75 Å². The number of rotatable bonds is 4. The van der Waals surface area contributed by atoms with Crippen LogP contribution in [0.4, 0.5) is 5.82 Å². The van der Waals surface area contributed by atoms with E-state index in [0.717, 1.165) is 36.8 Å². The van der Waals surface area contributed by atoms with E-state index in [2.05, 4.69) is 22.0 Å². The van der Waals surface area contributed by atoms with E-state index >= 15 is 0 Å².